The average molecular weight is 470 g/mol. The molecular weight excluding hydrogens is 438 g/mol. The Morgan fingerprint density at radius 3 is 2.58 bits per heavy atom. The summed E-state index contributed by atoms with van der Waals surface area (Å²) in [7, 11) is 0. The molecule has 0 bridgehead atoms. The molecular formula is C23H31N7O2S. The van der Waals surface area contributed by atoms with E-state index in [1.165, 1.54) is 17.3 Å². The maximum Gasteiger partial charge on any atom is 0.236 e. The molecule has 1 saturated heterocycles. The number of aromatic nitrogens is 5. The highest BCUT2D eigenvalue weighted by Crippen LogP contribution is 2.25. The van der Waals surface area contributed by atoms with Crippen LogP contribution in [0.2, 0.25) is 0 Å². The molecule has 0 aliphatic carbocycles. The summed E-state index contributed by atoms with van der Waals surface area (Å²) in [5, 5.41) is 17.1. The van der Waals surface area contributed by atoms with E-state index in [0.717, 1.165) is 42.1 Å². The minimum absolute atomic E-state index is 0.111. The van der Waals surface area contributed by atoms with Gasteiger partial charge in [-0.25, -0.2) is 4.68 Å². The van der Waals surface area contributed by atoms with Gasteiger partial charge in [0.05, 0.1) is 30.3 Å². The van der Waals surface area contributed by atoms with E-state index in [2.05, 4.69) is 43.9 Å². The van der Waals surface area contributed by atoms with Crippen LogP contribution in [0, 0.1) is 19.8 Å². The summed E-state index contributed by atoms with van der Waals surface area (Å²) in [6.07, 6.45) is 0. The Morgan fingerprint density at radius 1 is 1.15 bits per heavy atom. The number of anilines is 2. The van der Waals surface area contributed by atoms with Crippen molar-refractivity contribution in [3.05, 3.63) is 41.6 Å². The lowest BCUT2D eigenvalue weighted by Crippen LogP contribution is -2.38. The lowest BCUT2D eigenvalue weighted by atomic mass is 10.2. The molecule has 0 unspecified atom stereocenters. The highest BCUT2D eigenvalue weighted by Gasteiger charge is 2.22. The first kappa shape index (κ1) is 23.3. The number of nitrogens with one attached hydrogen (secondary N) is 1. The number of carbonyl (C=O) groups excluding carboxylic acids is 1. The third-order valence-electron chi connectivity index (χ3n) is 5.25. The summed E-state index contributed by atoms with van der Waals surface area (Å²) in [5.74, 6) is 2.06. The van der Waals surface area contributed by atoms with Crippen molar-refractivity contribution in [1.82, 2.24) is 24.5 Å². The minimum Gasteiger partial charge on any atom is -0.378 e. The van der Waals surface area contributed by atoms with Gasteiger partial charge >= 0.3 is 0 Å². The van der Waals surface area contributed by atoms with Gasteiger partial charge in [0.1, 0.15) is 5.82 Å². The Labute approximate surface area is 198 Å². The number of aryl methyl sites for hydroxylation is 2. The molecule has 176 valence electrons. The normalized spacial score (nSPS) is 14.2. The van der Waals surface area contributed by atoms with Crippen molar-refractivity contribution in [1.29, 1.82) is 0 Å². The van der Waals surface area contributed by atoms with Crippen LogP contribution in [0.25, 0.3) is 5.69 Å². The maximum atomic E-state index is 12.8. The molecule has 0 radical (unpaired) electrons. The molecule has 33 heavy (non-hydrogen) atoms. The van der Waals surface area contributed by atoms with Crippen molar-refractivity contribution in [3.63, 3.8) is 0 Å². The predicted octanol–water partition coefficient (Wildman–Crippen LogP) is 3.30. The zero-order valence-electron chi connectivity index (χ0n) is 19.6. The standard InChI is InChI=1S/C23H31N7O2S/c1-16(2)14-29-22(28-9-11-32-12-10-28)25-26-23(29)33-15-21(31)24-20-13-18(4)27-30(20)19-7-5-17(3)6-8-19/h5-8,13,16H,9-12,14-15H2,1-4H3,(H,24,31). The molecule has 9 nitrogen and oxygen atoms in total. The number of carbonyl (C=O) groups is 1. The number of hydrogen-bond donors (Lipinski definition) is 1. The topological polar surface area (TPSA) is 90.1 Å². The average Bonchev–Trinajstić information content (AvgIpc) is 3.36. The van der Waals surface area contributed by atoms with Crippen molar-refractivity contribution >= 4 is 29.4 Å². The van der Waals surface area contributed by atoms with Crippen LogP contribution in [-0.4, -0.2) is 62.5 Å². The van der Waals surface area contributed by atoms with E-state index in [9.17, 15) is 4.79 Å². The van der Waals surface area contributed by atoms with Crippen LogP contribution in [0.3, 0.4) is 0 Å². The van der Waals surface area contributed by atoms with Crippen LogP contribution in [-0.2, 0) is 16.1 Å². The highest BCUT2D eigenvalue weighted by atomic mass is 32.2. The molecule has 1 N–H and O–H groups in total. The van der Waals surface area contributed by atoms with Gasteiger partial charge in [0.15, 0.2) is 5.16 Å². The summed E-state index contributed by atoms with van der Waals surface area (Å²) >= 11 is 1.40. The van der Waals surface area contributed by atoms with Crippen LogP contribution in [0.5, 0.6) is 0 Å². The van der Waals surface area contributed by atoms with E-state index in [-0.39, 0.29) is 11.7 Å². The van der Waals surface area contributed by atoms with Crippen LogP contribution in [0.1, 0.15) is 25.1 Å². The summed E-state index contributed by atoms with van der Waals surface area (Å²) in [6.45, 7) is 12.0. The highest BCUT2D eigenvalue weighted by molar-refractivity contribution is 7.99. The molecule has 3 aromatic rings. The number of hydrogen-bond acceptors (Lipinski definition) is 7. The third-order valence-corrected chi connectivity index (χ3v) is 6.22. The number of amides is 1. The minimum atomic E-state index is -0.111. The van der Waals surface area contributed by atoms with Gasteiger partial charge in [0.25, 0.3) is 0 Å². The van der Waals surface area contributed by atoms with Gasteiger partial charge < -0.3 is 15.0 Å². The van der Waals surface area contributed by atoms with Crippen molar-refractivity contribution in [2.75, 3.05) is 42.3 Å². The smallest absolute Gasteiger partial charge is 0.236 e. The number of benzene rings is 1. The molecule has 0 atom stereocenters. The Bertz CT molecular complexity index is 1080. The van der Waals surface area contributed by atoms with Crippen molar-refractivity contribution < 1.29 is 9.53 Å². The largest absolute Gasteiger partial charge is 0.378 e. The molecule has 10 heteroatoms. The van der Waals surface area contributed by atoms with Gasteiger partial charge in [-0.1, -0.05) is 43.3 Å². The zero-order chi connectivity index (χ0) is 23.4. The fourth-order valence-electron chi connectivity index (χ4n) is 3.69. The summed E-state index contributed by atoms with van der Waals surface area (Å²) in [5.41, 5.74) is 2.92. The second kappa shape index (κ2) is 10.4. The van der Waals surface area contributed by atoms with E-state index in [4.69, 9.17) is 4.74 Å². The van der Waals surface area contributed by atoms with E-state index in [1.54, 1.807) is 4.68 Å². The SMILES string of the molecule is Cc1ccc(-n2nc(C)cc2NC(=O)CSc2nnc(N3CCOCC3)n2CC(C)C)cc1. The van der Waals surface area contributed by atoms with Crippen LogP contribution in [0.4, 0.5) is 11.8 Å². The molecule has 1 aromatic carbocycles. The number of morpholine rings is 1. The molecule has 1 amide bonds. The summed E-state index contributed by atoms with van der Waals surface area (Å²) in [4.78, 5) is 15.0. The number of rotatable bonds is 8. The fraction of sp³-hybridized carbons (Fsp3) is 0.478. The molecule has 0 spiro atoms. The summed E-state index contributed by atoms with van der Waals surface area (Å²) < 4.78 is 9.35. The first-order chi connectivity index (χ1) is 15.9. The van der Waals surface area contributed by atoms with Gasteiger partial charge in [-0.3, -0.25) is 9.36 Å². The molecule has 0 saturated carbocycles. The van der Waals surface area contributed by atoms with Gasteiger partial charge in [-0.15, -0.1) is 10.2 Å². The second-order valence-corrected chi connectivity index (χ2v) is 9.58. The Hall–Kier alpha value is -2.85. The Morgan fingerprint density at radius 2 is 1.88 bits per heavy atom. The zero-order valence-corrected chi connectivity index (χ0v) is 20.4. The molecule has 1 aliphatic rings. The van der Waals surface area contributed by atoms with Crippen molar-refractivity contribution in [2.24, 2.45) is 5.92 Å². The van der Waals surface area contributed by atoms with Crippen LogP contribution >= 0.6 is 11.8 Å². The van der Waals surface area contributed by atoms with Gasteiger partial charge in [-0.2, -0.15) is 5.10 Å². The first-order valence-corrected chi connectivity index (χ1v) is 12.2. The van der Waals surface area contributed by atoms with Crippen LogP contribution in [0.15, 0.2) is 35.5 Å². The van der Waals surface area contributed by atoms with E-state index >= 15 is 0 Å². The molecule has 3 heterocycles. The van der Waals surface area contributed by atoms with Gasteiger partial charge in [0.2, 0.25) is 11.9 Å². The number of thioether (sulfide) groups is 1. The van der Waals surface area contributed by atoms with E-state index in [1.807, 2.05) is 44.2 Å². The second-order valence-electron chi connectivity index (χ2n) is 8.64. The Kier molecular flexibility index (Phi) is 7.34. The van der Waals surface area contributed by atoms with Crippen molar-refractivity contribution in [3.8, 4) is 5.69 Å². The number of ether oxygens (including phenoxy) is 1. The first-order valence-electron chi connectivity index (χ1n) is 11.2. The Balaban J connectivity index is 1.45. The third kappa shape index (κ3) is 5.75. The van der Waals surface area contributed by atoms with Crippen molar-refractivity contribution in [2.45, 2.75) is 39.4 Å². The molecule has 4 rings (SSSR count). The van der Waals surface area contributed by atoms with E-state index < -0.39 is 0 Å². The molecule has 1 aliphatic heterocycles. The predicted molar refractivity (Wildman–Crippen MR) is 130 cm³/mol. The van der Waals surface area contributed by atoms with Crippen LogP contribution < -0.4 is 10.2 Å². The maximum absolute atomic E-state index is 12.8. The van der Waals surface area contributed by atoms with Gasteiger partial charge in [0, 0.05) is 25.7 Å². The summed E-state index contributed by atoms with van der Waals surface area (Å²) in [6, 6.07) is 9.92. The molecule has 1 fully saturated rings. The lowest BCUT2D eigenvalue weighted by Gasteiger charge is -2.28. The molecule has 2 aromatic heterocycles. The monoisotopic (exact) mass is 469 g/mol. The number of nitrogens with zero attached hydrogens (tertiary/aromatic N) is 6. The fourth-order valence-corrected chi connectivity index (χ4v) is 4.43. The van der Waals surface area contributed by atoms with E-state index in [0.29, 0.717) is 24.9 Å². The van der Waals surface area contributed by atoms with Gasteiger partial charge in [-0.05, 0) is 31.9 Å². The lowest BCUT2D eigenvalue weighted by molar-refractivity contribution is -0.113. The quantitative estimate of drug-likeness (QED) is 0.506.